The molecule has 1 aromatic carbocycles. The van der Waals surface area contributed by atoms with Crippen molar-refractivity contribution in [1.29, 1.82) is 0 Å². The fourth-order valence-electron chi connectivity index (χ4n) is 4.66. The van der Waals surface area contributed by atoms with Gasteiger partial charge in [-0.05, 0) is 43.4 Å². The first-order chi connectivity index (χ1) is 15.2. The predicted molar refractivity (Wildman–Crippen MR) is 121 cm³/mol. The topological polar surface area (TPSA) is 68.6 Å². The minimum absolute atomic E-state index is 0.114. The number of hydrogen-bond acceptors (Lipinski definition) is 6. The molecule has 0 spiro atoms. The van der Waals surface area contributed by atoms with E-state index in [1.807, 2.05) is 28.8 Å². The van der Waals surface area contributed by atoms with Crippen LogP contribution in [-0.2, 0) is 25.9 Å². The summed E-state index contributed by atoms with van der Waals surface area (Å²) in [6.45, 7) is 5.75. The molecule has 7 nitrogen and oxygen atoms in total. The quantitative estimate of drug-likeness (QED) is 0.742. The zero-order valence-electron chi connectivity index (χ0n) is 18.1. The van der Waals surface area contributed by atoms with Gasteiger partial charge in [0.15, 0.2) is 17.2 Å². The van der Waals surface area contributed by atoms with Gasteiger partial charge in [-0.3, -0.25) is 9.48 Å². The number of nitrogens with one attached hydrogen (secondary N) is 1. The monoisotopic (exact) mass is 442 g/mol. The van der Waals surface area contributed by atoms with Crippen molar-refractivity contribution >= 4 is 17.7 Å². The lowest BCUT2D eigenvalue weighted by Gasteiger charge is -2.27. The maximum atomic E-state index is 13.3. The second-order valence-electron chi connectivity index (χ2n) is 8.41. The standard InChI is InChI=1S/C23H30N4O3S/c1-2-7-27-19-5-4-17(24-14-16-3-6-20-21(12-16)30-15-29-20)13-18(19)22(25-27)23(28)26-8-10-31-11-9-26/h3,6,12,17,24H,2,4-5,7-11,13-15H2,1H3. The van der Waals surface area contributed by atoms with Gasteiger partial charge < -0.3 is 19.7 Å². The summed E-state index contributed by atoms with van der Waals surface area (Å²) in [5.41, 5.74) is 4.28. The molecule has 0 saturated carbocycles. The normalized spacial score (nSPS) is 20.0. The highest BCUT2D eigenvalue weighted by atomic mass is 32.2. The van der Waals surface area contributed by atoms with Gasteiger partial charge in [0, 0.05) is 55.0 Å². The van der Waals surface area contributed by atoms with Crippen LogP contribution < -0.4 is 14.8 Å². The van der Waals surface area contributed by atoms with E-state index in [0.29, 0.717) is 18.5 Å². The third-order valence-corrected chi connectivity index (χ3v) is 7.26. The first kappa shape index (κ1) is 20.7. The number of aromatic nitrogens is 2. The first-order valence-electron chi connectivity index (χ1n) is 11.3. The predicted octanol–water partition coefficient (Wildman–Crippen LogP) is 2.86. The molecular weight excluding hydrogens is 412 g/mol. The molecule has 0 radical (unpaired) electrons. The third-order valence-electron chi connectivity index (χ3n) is 6.31. The van der Waals surface area contributed by atoms with Crippen LogP contribution in [-0.4, -0.2) is 58.0 Å². The number of carbonyl (C=O) groups excluding carboxylic acids is 1. The van der Waals surface area contributed by atoms with Crippen molar-refractivity contribution in [2.45, 2.75) is 51.7 Å². The van der Waals surface area contributed by atoms with Crippen LogP contribution in [0.3, 0.4) is 0 Å². The number of hydrogen-bond donors (Lipinski definition) is 1. The number of fused-ring (bicyclic) bond motifs is 2. The molecule has 1 amide bonds. The van der Waals surface area contributed by atoms with Gasteiger partial charge >= 0.3 is 0 Å². The second-order valence-corrected chi connectivity index (χ2v) is 9.63. The molecule has 1 N–H and O–H groups in total. The highest BCUT2D eigenvalue weighted by Crippen LogP contribution is 2.33. The Morgan fingerprint density at radius 1 is 1.26 bits per heavy atom. The Labute approximate surface area is 187 Å². The van der Waals surface area contributed by atoms with E-state index in [0.717, 1.165) is 80.4 Å². The van der Waals surface area contributed by atoms with Gasteiger partial charge in [-0.25, -0.2) is 0 Å². The molecule has 166 valence electrons. The zero-order valence-corrected chi connectivity index (χ0v) is 18.9. The molecular formula is C23H30N4O3S. The summed E-state index contributed by atoms with van der Waals surface area (Å²) in [5, 5.41) is 8.50. The molecule has 1 saturated heterocycles. The molecule has 1 fully saturated rings. The molecule has 3 heterocycles. The average Bonchev–Trinajstić information content (AvgIpc) is 3.42. The Morgan fingerprint density at radius 2 is 2.10 bits per heavy atom. The van der Waals surface area contributed by atoms with Gasteiger partial charge in [0.05, 0.1) is 0 Å². The number of carbonyl (C=O) groups is 1. The molecule has 5 rings (SSSR count). The lowest BCUT2D eigenvalue weighted by molar-refractivity contribution is 0.0764. The maximum Gasteiger partial charge on any atom is 0.274 e. The smallest absolute Gasteiger partial charge is 0.274 e. The fourth-order valence-corrected chi connectivity index (χ4v) is 5.56. The molecule has 1 aliphatic carbocycles. The van der Waals surface area contributed by atoms with E-state index in [1.165, 1.54) is 11.3 Å². The van der Waals surface area contributed by atoms with Crippen LogP contribution in [0.15, 0.2) is 18.2 Å². The van der Waals surface area contributed by atoms with Crippen LogP contribution in [0.4, 0.5) is 0 Å². The summed E-state index contributed by atoms with van der Waals surface area (Å²) in [6, 6.07) is 6.44. The molecule has 2 aromatic rings. The Kier molecular flexibility index (Phi) is 6.09. The Balaban J connectivity index is 1.31. The second kappa shape index (κ2) is 9.12. The maximum absolute atomic E-state index is 13.3. The number of amides is 1. The molecule has 31 heavy (non-hydrogen) atoms. The number of rotatable bonds is 6. The van der Waals surface area contributed by atoms with Gasteiger partial charge in [0.1, 0.15) is 0 Å². The minimum Gasteiger partial charge on any atom is -0.454 e. The van der Waals surface area contributed by atoms with Crippen molar-refractivity contribution in [2.24, 2.45) is 0 Å². The molecule has 1 atom stereocenters. The Bertz CT molecular complexity index is 955. The summed E-state index contributed by atoms with van der Waals surface area (Å²) in [4.78, 5) is 15.3. The Hall–Kier alpha value is -2.19. The summed E-state index contributed by atoms with van der Waals surface area (Å²) in [6.07, 6.45) is 3.90. The van der Waals surface area contributed by atoms with Crippen molar-refractivity contribution < 1.29 is 14.3 Å². The van der Waals surface area contributed by atoms with E-state index in [4.69, 9.17) is 14.6 Å². The van der Waals surface area contributed by atoms with Crippen molar-refractivity contribution in [3.63, 3.8) is 0 Å². The van der Waals surface area contributed by atoms with E-state index in [9.17, 15) is 4.79 Å². The summed E-state index contributed by atoms with van der Waals surface area (Å²) in [7, 11) is 0. The van der Waals surface area contributed by atoms with E-state index in [-0.39, 0.29) is 5.91 Å². The van der Waals surface area contributed by atoms with E-state index >= 15 is 0 Å². The zero-order chi connectivity index (χ0) is 21.2. The third kappa shape index (κ3) is 4.28. The van der Waals surface area contributed by atoms with Crippen LogP contribution in [0.25, 0.3) is 0 Å². The minimum atomic E-state index is 0.114. The largest absolute Gasteiger partial charge is 0.454 e. The van der Waals surface area contributed by atoms with E-state index in [1.54, 1.807) is 0 Å². The summed E-state index contributed by atoms with van der Waals surface area (Å²) >= 11 is 1.92. The van der Waals surface area contributed by atoms with E-state index < -0.39 is 0 Å². The number of thioether (sulfide) groups is 1. The van der Waals surface area contributed by atoms with Crippen molar-refractivity contribution in [3.05, 3.63) is 40.7 Å². The van der Waals surface area contributed by atoms with Crippen LogP contribution in [0.2, 0.25) is 0 Å². The lowest BCUT2D eigenvalue weighted by Crippen LogP contribution is -2.39. The SMILES string of the molecule is CCCn1nc(C(=O)N2CCSCC2)c2c1CCC(NCc1ccc3c(c1)OCO3)C2. The Morgan fingerprint density at radius 3 is 2.94 bits per heavy atom. The number of benzene rings is 1. The van der Waals surface area contributed by atoms with Gasteiger partial charge in [-0.15, -0.1) is 0 Å². The summed E-state index contributed by atoms with van der Waals surface area (Å²) in [5.74, 6) is 3.78. The van der Waals surface area contributed by atoms with Gasteiger partial charge in [-0.1, -0.05) is 13.0 Å². The van der Waals surface area contributed by atoms with Gasteiger partial charge in [0.25, 0.3) is 5.91 Å². The molecule has 0 bridgehead atoms. The molecule has 3 aliphatic rings. The molecule has 8 heteroatoms. The highest BCUT2D eigenvalue weighted by molar-refractivity contribution is 7.99. The highest BCUT2D eigenvalue weighted by Gasteiger charge is 2.31. The van der Waals surface area contributed by atoms with Crippen LogP contribution in [0, 0.1) is 0 Å². The van der Waals surface area contributed by atoms with Crippen LogP contribution in [0.1, 0.15) is 47.1 Å². The average molecular weight is 443 g/mol. The fraction of sp³-hybridized carbons (Fsp3) is 0.565. The molecule has 1 unspecified atom stereocenters. The van der Waals surface area contributed by atoms with Crippen molar-refractivity contribution in [1.82, 2.24) is 20.0 Å². The summed E-state index contributed by atoms with van der Waals surface area (Å²) < 4.78 is 13.0. The first-order valence-corrected chi connectivity index (χ1v) is 12.5. The van der Waals surface area contributed by atoms with Crippen LogP contribution in [0.5, 0.6) is 11.5 Å². The van der Waals surface area contributed by atoms with Gasteiger partial charge in [-0.2, -0.15) is 16.9 Å². The number of ether oxygens (including phenoxy) is 2. The van der Waals surface area contributed by atoms with Gasteiger partial charge in [0.2, 0.25) is 6.79 Å². The van der Waals surface area contributed by atoms with Crippen molar-refractivity contribution in [3.8, 4) is 11.5 Å². The number of nitrogens with zero attached hydrogens (tertiary/aromatic N) is 3. The molecule has 1 aromatic heterocycles. The molecule has 2 aliphatic heterocycles. The van der Waals surface area contributed by atoms with Crippen LogP contribution >= 0.6 is 11.8 Å². The van der Waals surface area contributed by atoms with Crippen molar-refractivity contribution in [2.75, 3.05) is 31.4 Å². The number of aryl methyl sites for hydroxylation is 1. The lowest BCUT2D eigenvalue weighted by atomic mass is 9.90. The van der Waals surface area contributed by atoms with E-state index in [2.05, 4.69) is 23.0 Å².